The van der Waals surface area contributed by atoms with E-state index >= 15 is 0 Å². The molecule has 0 saturated heterocycles. The maximum Gasteiger partial charge on any atom is 0.339 e. The van der Waals surface area contributed by atoms with Crippen LogP contribution in [0.15, 0.2) is 103 Å². The minimum atomic E-state index is -1.34. The van der Waals surface area contributed by atoms with Crippen molar-refractivity contribution in [3.63, 3.8) is 0 Å². The second-order valence-corrected chi connectivity index (χ2v) is 10.2. The van der Waals surface area contributed by atoms with Crippen LogP contribution in [0.25, 0.3) is 0 Å². The molecule has 4 aromatic carbocycles. The van der Waals surface area contributed by atoms with Crippen LogP contribution in [-0.4, -0.2) is 22.6 Å². The molecule has 4 aromatic rings. The van der Waals surface area contributed by atoms with Crippen LogP contribution in [0.2, 0.25) is 0 Å². The Bertz CT molecular complexity index is 1540. The number of nitro benzene ring substituents is 1. The smallest absolute Gasteiger partial charge is 0.339 e. The second-order valence-electron chi connectivity index (χ2n) is 10.2. The summed E-state index contributed by atoms with van der Waals surface area (Å²) in [5.41, 5.74) is 2.46. The van der Waals surface area contributed by atoms with Crippen LogP contribution in [0.5, 0.6) is 0 Å². The first-order chi connectivity index (χ1) is 19.0. The third kappa shape index (κ3) is 6.66. The summed E-state index contributed by atoms with van der Waals surface area (Å²) in [6.07, 6.45) is -1.34. The van der Waals surface area contributed by atoms with Gasteiger partial charge in [0, 0.05) is 34.5 Å². The van der Waals surface area contributed by atoms with Crippen molar-refractivity contribution in [3.8, 4) is 0 Å². The molecule has 0 fully saturated rings. The highest BCUT2D eigenvalue weighted by Gasteiger charge is 2.27. The van der Waals surface area contributed by atoms with Crippen molar-refractivity contribution in [1.29, 1.82) is 0 Å². The molecule has 40 heavy (non-hydrogen) atoms. The molecule has 8 heteroatoms. The average Bonchev–Trinajstić information content (AvgIpc) is 2.95. The molecule has 202 valence electrons. The minimum absolute atomic E-state index is 0.0437. The van der Waals surface area contributed by atoms with Crippen molar-refractivity contribution >= 4 is 29.0 Å². The summed E-state index contributed by atoms with van der Waals surface area (Å²) in [5.74, 6) is -1.61. The molecular formula is C32H28N2O6. The Morgan fingerprint density at radius 3 is 2.00 bits per heavy atom. The zero-order valence-electron chi connectivity index (χ0n) is 22.3. The topological polar surface area (TPSA) is 116 Å². The van der Waals surface area contributed by atoms with Gasteiger partial charge in [0.15, 0.2) is 6.10 Å². The summed E-state index contributed by atoms with van der Waals surface area (Å²) in [5, 5.41) is 13.9. The Labute approximate surface area is 231 Å². The lowest BCUT2D eigenvalue weighted by Gasteiger charge is -2.19. The van der Waals surface area contributed by atoms with E-state index in [1.165, 1.54) is 36.4 Å². The van der Waals surface area contributed by atoms with Crippen molar-refractivity contribution in [3.05, 3.63) is 141 Å². The number of nitrogens with one attached hydrogen (secondary N) is 1. The van der Waals surface area contributed by atoms with Gasteiger partial charge in [-0.25, -0.2) is 4.79 Å². The number of anilines is 1. The summed E-state index contributed by atoms with van der Waals surface area (Å²) < 4.78 is 5.66. The van der Waals surface area contributed by atoms with Crippen LogP contribution < -0.4 is 5.32 Å². The van der Waals surface area contributed by atoms with Crippen LogP contribution >= 0.6 is 0 Å². The molecule has 0 aliphatic carbocycles. The second kappa shape index (κ2) is 11.7. The highest BCUT2D eigenvalue weighted by atomic mass is 16.6. The number of amides is 1. The molecule has 1 N–H and O–H groups in total. The molecule has 1 amide bonds. The van der Waals surface area contributed by atoms with Gasteiger partial charge < -0.3 is 10.1 Å². The number of hydrogen-bond acceptors (Lipinski definition) is 6. The fraction of sp³-hybridized carbons (Fsp3) is 0.156. The number of hydrogen-bond donors (Lipinski definition) is 1. The van der Waals surface area contributed by atoms with E-state index in [1.807, 2.05) is 12.1 Å². The minimum Gasteiger partial charge on any atom is -0.445 e. The molecule has 4 rings (SSSR count). The van der Waals surface area contributed by atoms with Gasteiger partial charge in [-0.15, -0.1) is 0 Å². The Hall–Kier alpha value is -5.11. The summed E-state index contributed by atoms with van der Waals surface area (Å²) in [4.78, 5) is 49.8. The SMILES string of the molecule is CC(C)(C)c1ccc(C(=O)Nc2cccc(C(=O)O[C@H](C(=O)c3ccccc3)c3ccc([N+](=O)[O-])cc3)c2)cc1. The number of carbonyl (C=O) groups excluding carboxylic acids is 3. The van der Waals surface area contributed by atoms with E-state index in [9.17, 15) is 24.5 Å². The molecule has 0 aromatic heterocycles. The van der Waals surface area contributed by atoms with Crippen LogP contribution in [0.1, 0.15) is 69.1 Å². The zero-order valence-corrected chi connectivity index (χ0v) is 22.3. The number of rotatable bonds is 8. The molecule has 0 bridgehead atoms. The van der Waals surface area contributed by atoms with Gasteiger partial charge in [0.1, 0.15) is 0 Å². The van der Waals surface area contributed by atoms with Crippen LogP contribution in [0.4, 0.5) is 11.4 Å². The predicted molar refractivity (Wildman–Crippen MR) is 152 cm³/mol. The molecule has 8 nitrogen and oxygen atoms in total. The Morgan fingerprint density at radius 1 is 0.775 bits per heavy atom. The van der Waals surface area contributed by atoms with Crippen LogP contribution in [0.3, 0.4) is 0 Å². The molecule has 0 spiro atoms. The van der Waals surface area contributed by atoms with Crippen molar-refractivity contribution in [2.24, 2.45) is 0 Å². The maximum atomic E-state index is 13.3. The van der Waals surface area contributed by atoms with Crippen LogP contribution in [-0.2, 0) is 10.2 Å². The van der Waals surface area contributed by atoms with Gasteiger partial charge in [-0.05, 0) is 53.4 Å². The lowest BCUT2D eigenvalue weighted by Crippen LogP contribution is -2.20. The van der Waals surface area contributed by atoms with Crippen molar-refractivity contribution in [2.75, 3.05) is 5.32 Å². The van der Waals surface area contributed by atoms with E-state index in [1.54, 1.807) is 54.6 Å². The van der Waals surface area contributed by atoms with E-state index in [4.69, 9.17) is 4.74 Å². The van der Waals surface area contributed by atoms with Gasteiger partial charge in [-0.2, -0.15) is 0 Å². The highest BCUT2D eigenvalue weighted by molar-refractivity contribution is 6.05. The standard InChI is InChI=1S/C32H28N2O6/c1-32(2,3)25-16-12-23(13-17-25)30(36)33-26-11-7-10-24(20-26)31(37)40-29(28(35)21-8-5-4-6-9-21)22-14-18-27(19-15-22)34(38)39/h4-20,29H,1-3H3,(H,33,36)/t29-/m0/s1. The van der Waals surface area contributed by atoms with E-state index < -0.39 is 22.8 Å². The normalized spacial score (nSPS) is 11.8. The Morgan fingerprint density at radius 2 is 1.40 bits per heavy atom. The molecule has 0 heterocycles. The largest absolute Gasteiger partial charge is 0.445 e. The number of nitro groups is 1. The number of nitrogens with zero attached hydrogens (tertiary/aromatic N) is 1. The molecule has 1 atom stereocenters. The first kappa shape index (κ1) is 27.9. The van der Waals surface area contributed by atoms with Gasteiger partial charge >= 0.3 is 5.97 Å². The first-order valence-corrected chi connectivity index (χ1v) is 12.6. The molecule has 0 saturated carbocycles. The zero-order chi connectivity index (χ0) is 28.9. The van der Waals surface area contributed by atoms with E-state index in [0.29, 0.717) is 16.8 Å². The summed E-state index contributed by atoms with van der Waals surface area (Å²) in [7, 11) is 0. The third-order valence-corrected chi connectivity index (χ3v) is 6.30. The van der Waals surface area contributed by atoms with E-state index in [0.717, 1.165) is 5.56 Å². The van der Waals surface area contributed by atoms with E-state index in [2.05, 4.69) is 26.1 Å². The van der Waals surface area contributed by atoms with Crippen molar-refractivity contribution in [1.82, 2.24) is 0 Å². The van der Waals surface area contributed by atoms with E-state index in [-0.39, 0.29) is 28.1 Å². The third-order valence-electron chi connectivity index (χ3n) is 6.30. The number of benzene rings is 4. The molecule has 0 radical (unpaired) electrons. The summed E-state index contributed by atoms with van der Waals surface area (Å²) in [6, 6.07) is 27.1. The number of ketones is 1. The van der Waals surface area contributed by atoms with Gasteiger partial charge in [-0.1, -0.05) is 69.3 Å². The Balaban J connectivity index is 1.55. The fourth-order valence-corrected chi connectivity index (χ4v) is 4.02. The number of esters is 1. The van der Waals surface area contributed by atoms with Gasteiger partial charge in [0.2, 0.25) is 5.78 Å². The quantitative estimate of drug-likeness (QED) is 0.113. The molecule has 0 unspecified atom stereocenters. The number of carbonyl (C=O) groups is 3. The summed E-state index contributed by atoms with van der Waals surface area (Å²) >= 11 is 0. The highest BCUT2D eigenvalue weighted by Crippen LogP contribution is 2.27. The number of non-ortho nitro benzene ring substituents is 1. The molecule has 0 aliphatic rings. The van der Waals surface area contributed by atoms with Crippen molar-refractivity contribution in [2.45, 2.75) is 32.3 Å². The number of ether oxygens (including phenoxy) is 1. The predicted octanol–water partition coefficient (Wildman–Crippen LogP) is 6.93. The molecule has 0 aliphatic heterocycles. The fourth-order valence-electron chi connectivity index (χ4n) is 4.02. The lowest BCUT2D eigenvalue weighted by molar-refractivity contribution is -0.384. The molecular weight excluding hydrogens is 508 g/mol. The van der Waals surface area contributed by atoms with Gasteiger partial charge in [0.25, 0.3) is 11.6 Å². The Kier molecular flexibility index (Phi) is 8.19. The van der Waals surface area contributed by atoms with Gasteiger partial charge in [0.05, 0.1) is 10.5 Å². The summed E-state index contributed by atoms with van der Waals surface area (Å²) in [6.45, 7) is 6.27. The first-order valence-electron chi connectivity index (χ1n) is 12.6. The lowest BCUT2D eigenvalue weighted by atomic mass is 9.87. The number of Topliss-reactive ketones (excluding diaryl/α,β-unsaturated/α-hetero) is 1. The maximum absolute atomic E-state index is 13.3. The van der Waals surface area contributed by atoms with Gasteiger partial charge in [-0.3, -0.25) is 19.7 Å². The van der Waals surface area contributed by atoms with Crippen LogP contribution in [0, 0.1) is 10.1 Å². The monoisotopic (exact) mass is 536 g/mol. The van der Waals surface area contributed by atoms with Crippen molar-refractivity contribution < 1.29 is 24.0 Å². The average molecular weight is 537 g/mol.